The lowest BCUT2D eigenvalue weighted by Gasteiger charge is -2.46. The van der Waals surface area contributed by atoms with Crippen molar-refractivity contribution in [2.75, 3.05) is 18.1 Å². The number of sulfone groups is 1. The largest absolute Gasteiger partial charge is 0.389 e. The first-order chi connectivity index (χ1) is 18.9. The number of aliphatic hydroxyl groups excluding tert-OH is 2. The molecule has 0 radical (unpaired) electrons. The van der Waals surface area contributed by atoms with E-state index in [1.54, 1.807) is 0 Å². The van der Waals surface area contributed by atoms with E-state index < -0.39 is 95.2 Å². The van der Waals surface area contributed by atoms with Crippen molar-refractivity contribution in [1.82, 2.24) is 4.72 Å². The Kier molecular flexibility index (Phi) is 8.83. The van der Waals surface area contributed by atoms with E-state index in [1.807, 2.05) is 0 Å². The minimum Gasteiger partial charge on any atom is -0.389 e. The standard InChI is InChI=1S/C25H28ClF3N2O8S2/c1-40(36,37)30-11-20(32)23(33)25(35)13-3-4-14(25)8-16(7-13)41(38,39)21-6-12(2-5-17(21)26)24(34)31-15-9-18(27)22(29)19(28)10-15/h2,5-6,9-10,13-14,16,20,23,30,32-33,35H,3-4,7-8,11H2,1H3,(H,31,34)/t13-,14?,16?,20?,23?,25?/m0/s1. The van der Waals surface area contributed by atoms with Crippen LogP contribution in [0.15, 0.2) is 35.2 Å². The van der Waals surface area contributed by atoms with Crippen molar-refractivity contribution in [3.05, 3.63) is 58.4 Å². The molecule has 1 amide bonds. The van der Waals surface area contributed by atoms with Crippen molar-refractivity contribution in [3.63, 3.8) is 0 Å². The van der Waals surface area contributed by atoms with Gasteiger partial charge in [-0.15, -0.1) is 0 Å². The second-order valence-electron chi connectivity index (χ2n) is 10.5. The van der Waals surface area contributed by atoms with E-state index in [9.17, 15) is 50.1 Å². The van der Waals surface area contributed by atoms with Gasteiger partial charge in [-0.3, -0.25) is 4.79 Å². The van der Waals surface area contributed by atoms with Crippen LogP contribution < -0.4 is 10.0 Å². The Morgan fingerprint density at radius 1 is 1.05 bits per heavy atom. The van der Waals surface area contributed by atoms with Gasteiger partial charge in [-0.2, -0.15) is 0 Å². The van der Waals surface area contributed by atoms with Gasteiger partial charge in [-0.1, -0.05) is 11.6 Å². The van der Waals surface area contributed by atoms with Crippen molar-refractivity contribution in [1.29, 1.82) is 0 Å². The SMILES string of the molecule is CS(=O)(=O)NCC(O)C(O)C1(O)C2CC[C@H]1CC(S(=O)(=O)c1cc(C(=O)Nc3cc(F)c(F)c(F)c3)ccc1Cl)C2. The molecule has 2 aromatic rings. The summed E-state index contributed by atoms with van der Waals surface area (Å²) < 4.78 is 92.5. The van der Waals surface area contributed by atoms with Gasteiger partial charge in [0.2, 0.25) is 10.0 Å². The van der Waals surface area contributed by atoms with E-state index in [1.165, 1.54) is 6.07 Å². The summed E-state index contributed by atoms with van der Waals surface area (Å²) in [4.78, 5) is 12.3. The van der Waals surface area contributed by atoms with Crippen molar-refractivity contribution in [3.8, 4) is 0 Å². The van der Waals surface area contributed by atoms with Crippen LogP contribution in [0.1, 0.15) is 36.0 Å². The van der Waals surface area contributed by atoms with Crippen LogP contribution in [0.25, 0.3) is 0 Å². The molecule has 2 aromatic carbocycles. The molecule has 0 saturated heterocycles. The normalized spacial score (nSPS) is 26.0. The van der Waals surface area contributed by atoms with E-state index in [4.69, 9.17) is 11.6 Å². The second kappa shape index (κ2) is 11.4. The average molecular weight is 641 g/mol. The summed E-state index contributed by atoms with van der Waals surface area (Å²) in [7, 11) is -7.90. The number of hydrogen-bond donors (Lipinski definition) is 5. The highest BCUT2D eigenvalue weighted by Crippen LogP contribution is 2.54. The molecular weight excluding hydrogens is 613 g/mol. The van der Waals surface area contributed by atoms with Crippen molar-refractivity contribution in [2.24, 2.45) is 11.8 Å². The number of fused-ring (bicyclic) bond motifs is 2. The fourth-order valence-corrected chi connectivity index (χ4v) is 8.68. The van der Waals surface area contributed by atoms with E-state index in [-0.39, 0.29) is 23.4 Å². The highest BCUT2D eigenvalue weighted by Gasteiger charge is 2.60. The van der Waals surface area contributed by atoms with Crippen LogP contribution in [0.3, 0.4) is 0 Å². The van der Waals surface area contributed by atoms with Crippen LogP contribution in [0.2, 0.25) is 5.02 Å². The molecule has 0 aliphatic heterocycles. The van der Waals surface area contributed by atoms with Crippen LogP contribution in [0.5, 0.6) is 0 Å². The summed E-state index contributed by atoms with van der Waals surface area (Å²) in [6.45, 7) is -0.550. The molecular formula is C25H28ClF3N2O8S2. The molecule has 4 rings (SSSR count). The molecule has 2 aliphatic carbocycles. The quantitative estimate of drug-likeness (QED) is 0.259. The number of carbonyl (C=O) groups is 1. The lowest BCUT2D eigenvalue weighted by atomic mass is 9.70. The van der Waals surface area contributed by atoms with E-state index >= 15 is 0 Å². The Morgan fingerprint density at radius 2 is 1.61 bits per heavy atom. The fraction of sp³-hybridized carbons (Fsp3) is 0.480. The smallest absolute Gasteiger partial charge is 0.255 e. The van der Waals surface area contributed by atoms with Crippen LogP contribution in [0.4, 0.5) is 18.9 Å². The first-order valence-corrected chi connectivity index (χ1v) is 16.3. The van der Waals surface area contributed by atoms with Gasteiger partial charge in [0, 0.05) is 29.9 Å². The first-order valence-electron chi connectivity index (χ1n) is 12.5. The third-order valence-corrected chi connectivity index (χ3v) is 11.2. The molecule has 16 heteroatoms. The van der Waals surface area contributed by atoms with Gasteiger partial charge in [0.25, 0.3) is 5.91 Å². The molecule has 0 aromatic heterocycles. The molecule has 41 heavy (non-hydrogen) atoms. The molecule has 2 fully saturated rings. The number of hydrogen-bond acceptors (Lipinski definition) is 8. The summed E-state index contributed by atoms with van der Waals surface area (Å²) in [6.07, 6.45) is -2.07. The van der Waals surface area contributed by atoms with E-state index in [0.29, 0.717) is 25.0 Å². The van der Waals surface area contributed by atoms with Gasteiger partial charge >= 0.3 is 0 Å². The average Bonchev–Trinajstić information content (AvgIpc) is 3.04. The molecule has 226 valence electrons. The van der Waals surface area contributed by atoms with Crippen LogP contribution in [-0.4, -0.2) is 73.9 Å². The maximum atomic E-state index is 13.7. The monoisotopic (exact) mass is 640 g/mol. The van der Waals surface area contributed by atoms with Crippen molar-refractivity contribution >= 4 is 43.1 Å². The molecule has 2 saturated carbocycles. The minimum absolute atomic E-state index is 0.112. The lowest BCUT2D eigenvalue weighted by Crippen LogP contribution is -2.60. The van der Waals surface area contributed by atoms with E-state index in [0.717, 1.165) is 18.4 Å². The van der Waals surface area contributed by atoms with Gasteiger partial charge in [0.1, 0.15) is 6.10 Å². The van der Waals surface area contributed by atoms with Gasteiger partial charge in [0.15, 0.2) is 27.3 Å². The molecule has 2 bridgehead atoms. The van der Waals surface area contributed by atoms with Gasteiger partial charge in [-0.25, -0.2) is 34.7 Å². The summed E-state index contributed by atoms with van der Waals surface area (Å²) >= 11 is 6.20. The highest BCUT2D eigenvalue weighted by molar-refractivity contribution is 7.92. The first kappa shape index (κ1) is 31.7. The maximum absolute atomic E-state index is 13.7. The number of aliphatic hydroxyl groups is 3. The van der Waals surface area contributed by atoms with Crippen LogP contribution in [0, 0.1) is 29.3 Å². The van der Waals surface area contributed by atoms with Gasteiger partial charge in [0.05, 0.1) is 33.1 Å². The third-order valence-electron chi connectivity index (χ3n) is 7.84. The Balaban J connectivity index is 1.54. The summed E-state index contributed by atoms with van der Waals surface area (Å²) in [6, 6.07) is 4.48. The number of amides is 1. The molecule has 5 unspecified atom stereocenters. The topological polar surface area (TPSA) is 170 Å². The Labute approximate surface area is 239 Å². The van der Waals surface area contributed by atoms with Gasteiger partial charge in [-0.05, 0) is 55.7 Å². The molecule has 2 aliphatic rings. The zero-order chi connectivity index (χ0) is 30.5. The van der Waals surface area contributed by atoms with Crippen LogP contribution >= 0.6 is 11.6 Å². The summed E-state index contributed by atoms with van der Waals surface area (Å²) in [5, 5.41) is 33.5. The maximum Gasteiger partial charge on any atom is 0.255 e. The van der Waals surface area contributed by atoms with Crippen LogP contribution in [-0.2, 0) is 19.9 Å². The Hall–Kier alpha value is -2.27. The zero-order valence-electron chi connectivity index (χ0n) is 21.5. The summed E-state index contributed by atoms with van der Waals surface area (Å²) in [5.74, 6) is -7.23. The lowest BCUT2D eigenvalue weighted by molar-refractivity contribution is -0.174. The molecule has 0 spiro atoms. The Bertz CT molecular complexity index is 1540. The number of carbonyl (C=O) groups excluding carboxylic acids is 1. The zero-order valence-corrected chi connectivity index (χ0v) is 23.9. The molecule has 0 heterocycles. The number of benzene rings is 2. The number of rotatable bonds is 9. The number of halogens is 4. The molecule has 10 nitrogen and oxygen atoms in total. The highest BCUT2D eigenvalue weighted by atomic mass is 35.5. The number of sulfonamides is 1. The predicted octanol–water partition coefficient (Wildman–Crippen LogP) is 1.97. The molecule has 6 atom stereocenters. The minimum atomic E-state index is -4.22. The third kappa shape index (κ3) is 6.26. The van der Waals surface area contributed by atoms with Gasteiger partial charge < -0.3 is 20.6 Å². The predicted molar refractivity (Wildman–Crippen MR) is 142 cm³/mol. The van der Waals surface area contributed by atoms with E-state index in [2.05, 4.69) is 10.0 Å². The number of nitrogens with one attached hydrogen (secondary N) is 2. The van der Waals surface area contributed by atoms with Crippen molar-refractivity contribution < 1.29 is 50.1 Å². The number of anilines is 1. The van der Waals surface area contributed by atoms with Crippen molar-refractivity contribution in [2.45, 2.75) is 53.6 Å². The fourth-order valence-electron chi connectivity index (χ4n) is 5.81. The summed E-state index contributed by atoms with van der Waals surface area (Å²) in [5.41, 5.74) is -2.48. The second-order valence-corrected chi connectivity index (χ2v) is 14.9. The molecule has 5 N–H and O–H groups in total. The Morgan fingerprint density at radius 3 is 2.15 bits per heavy atom.